The van der Waals surface area contributed by atoms with Crippen molar-refractivity contribution in [2.45, 2.75) is 33.1 Å². The summed E-state index contributed by atoms with van der Waals surface area (Å²) in [6.07, 6.45) is 1.39. The molecule has 1 aliphatic rings. The normalized spacial score (nSPS) is 12.0. The van der Waals surface area contributed by atoms with Gasteiger partial charge in [-0.2, -0.15) is 0 Å². The molecule has 35 heavy (non-hydrogen) atoms. The minimum absolute atomic E-state index is 0.0857. The predicted octanol–water partition coefficient (Wildman–Crippen LogP) is 6.83. The lowest BCUT2D eigenvalue weighted by Crippen LogP contribution is -2.23. The van der Waals surface area contributed by atoms with Crippen LogP contribution in [-0.4, -0.2) is 31.0 Å². The number of anilines is 2. The molecule has 0 saturated heterocycles. The molecular weight excluding hydrogens is 489 g/mol. The van der Waals surface area contributed by atoms with Gasteiger partial charge in [0.15, 0.2) is 11.5 Å². The molecule has 3 aromatic carbocycles. The van der Waals surface area contributed by atoms with E-state index in [4.69, 9.17) is 37.4 Å². The van der Waals surface area contributed by atoms with Gasteiger partial charge in [-0.25, -0.2) is 0 Å². The monoisotopic (exact) mass is 515 g/mol. The molecule has 0 unspecified atom stereocenters. The van der Waals surface area contributed by atoms with E-state index in [0.717, 1.165) is 34.5 Å². The number of carboxylic acids is 1. The van der Waals surface area contributed by atoms with Gasteiger partial charge >= 0.3 is 5.97 Å². The van der Waals surface area contributed by atoms with Gasteiger partial charge in [0.1, 0.15) is 5.75 Å². The summed E-state index contributed by atoms with van der Waals surface area (Å²) in [5, 5.41) is 10.6. The van der Waals surface area contributed by atoms with Crippen molar-refractivity contribution in [3.8, 4) is 17.2 Å². The Balaban J connectivity index is 1.60. The van der Waals surface area contributed by atoms with Crippen molar-refractivity contribution < 1.29 is 24.1 Å². The minimum atomic E-state index is -0.885. The number of hydrogen-bond donors (Lipinski definition) is 1. The predicted molar refractivity (Wildman–Crippen MR) is 138 cm³/mol. The smallest absolute Gasteiger partial charge is 0.307 e. The van der Waals surface area contributed by atoms with Gasteiger partial charge < -0.3 is 24.2 Å². The molecule has 8 heteroatoms. The van der Waals surface area contributed by atoms with Crippen LogP contribution in [0.25, 0.3) is 0 Å². The fraction of sp³-hybridized carbons (Fsp3) is 0.296. The number of aliphatic carboxylic acids is 1. The van der Waals surface area contributed by atoms with Gasteiger partial charge in [-0.15, -0.1) is 0 Å². The summed E-state index contributed by atoms with van der Waals surface area (Å²) in [4.78, 5) is 13.7. The largest absolute Gasteiger partial charge is 0.493 e. The number of halogens is 2. The third-order valence-electron chi connectivity index (χ3n) is 5.81. The van der Waals surface area contributed by atoms with E-state index in [1.807, 2.05) is 56.3 Å². The van der Waals surface area contributed by atoms with E-state index in [0.29, 0.717) is 46.9 Å². The molecule has 0 spiro atoms. The van der Waals surface area contributed by atoms with Crippen molar-refractivity contribution >= 4 is 40.5 Å². The summed E-state index contributed by atoms with van der Waals surface area (Å²) in [5.74, 6) is 1.18. The maximum Gasteiger partial charge on any atom is 0.307 e. The average molecular weight is 516 g/mol. The number of nitrogens with zero attached hydrogens (tertiary/aromatic N) is 1. The van der Waals surface area contributed by atoms with Crippen LogP contribution >= 0.6 is 23.2 Å². The molecule has 184 valence electrons. The molecule has 0 bridgehead atoms. The first kappa shape index (κ1) is 25.0. The Bertz CT molecular complexity index is 1210. The van der Waals surface area contributed by atoms with Crippen molar-refractivity contribution in [1.82, 2.24) is 0 Å². The molecule has 3 aromatic rings. The van der Waals surface area contributed by atoms with E-state index in [9.17, 15) is 9.90 Å². The second-order valence-corrected chi connectivity index (χ2v) is 9.15. The Morgan fingerprint density at radius 2 is 1.89 bits per heavy atom. The van der Waals surface area contributed by atoms with Crippen LogP contribution in [0, 0.1) is 6.92 Å². The molecule has 1 aliphatic heterocycles. The summed E-state index contributed by atoms with van der Waals surface area (Å²) < 4.78 is 16.7. The molecule has 0 amide bonds. The molecule has 1 N–H and O–H groups in total. The third kappa shape index (κ3) is 5.95. The van der Waals surface area contributed by atoms with Crippen LogP contribution in [0.4, 0.5) is 11.4 Å². The second kappa shape index (κ2) is 11.1. The number of rotatable bonds is 10. The summed E-state index contributed by atoms with van der Waals surface area (Å²) in [6.45, 7) is 5.21. The molecule has 1 heterocycles. The molecule has 0 saturated carbocycles. The van der Waals surface area contributed by atoms with Crippen LogP contribution in [0.15, 0.2) is 48.5 Å². The Morgan fingerprint density at radius 1 is 1.09 bits per heavy atom. The highest BCUT2D eigenvalue weighted by atomic mass is 35.5. The van der Waals surface area contributed by atoms with Crippen LogP contribution in [-0.2, 0) is 17.6 Å². The van der Waals surface area contributed by atoms with Crippen LogP contribution < -0.4 is 19.1 Å². The fourth-order valence-corrected chi connectivity index (χ4v) is 4.89. The van der Waals surface area contributed by atoms with Gasteiger partial charge in [-0.3, -0.25) is 4.79 Å². The number of benzene rings is 3. The highest BCUT2D eigenvalue weighted by molar-refractivity contribution is 6.36. The highest BCUT2D eigenvalue weighted by Gasteiger charge is 2.21. The average Bonchev–Trinajstić information content (AvgIpc) is 3.27. The van der Waals surface area contributed by atoms with E-state index in [1.165, 1.54) is 0 Å². The van der Waals surface area contributed by atoms with E-state index in [1.54, 1.807) is 6.07 Å². The van der Waals surface area contributed by atoms with Crippen molar-refractivity contribution in [1.29, 1.82) is 0 Å². The van der Waals surface area contributed by atoms with Crippen LogP contribution in [0.3, 0.4) is 0 Å². The van der Waals surface area contributed by atoms with Crippen molar-refractivity contribution in [2.24, 2.45) is 0 Å². The lowest BCUT2D eigenvalue weighted by molar-refractivity contribution is -0.136. The van der Waals surface area contributed by atoms with Gasteiger partial charge in [0.2, 0.25) is 6.79 Å². The maximum absolute atomic E-state index is 11.7. The highest BCUT2D eigenvalue weighted by Crippen LogP contribution is 2.39. The maximum atomic E-state index is 11.7. The zero-order chi connectivity index (χ0) is 24.9. The van der Waals surface area contributed by atoms with Gasteiger partial charge in [0, 0.05) is 23.3 Å². The Morgan fingerprint density at radius 3 is 2.63 bits per heavy atom. The second-order valence-electron chi connectivity index (χ2n) is 8.31. The Kier molecular flexibility index (Phi) is 7.93. The molecule has 0 atom stereocenters. The van der Waals surface area contributed by atoms with Crippen LogP contribution in [0.2, 0.25) is 10.0 Å². The first-order valence-electron chi connectivity index (χ1n) is 11.4. The molecule has 6 nitrogen and oxygen atoms in total. The van der Waals surface area contributed by atoms with Gasteiger partial charge in [0.25, 0.3) is 0 Å². The van der Waals surface area contributed by atoms with E-state index in [-0.39, 0.29) is 13.2 Å². The van der Waals surface area contributed by atoms with E-state index < -0.39 is 5.97 Å². The van der Waals surface area contributed by atoms with E-state index in [2.05, 4.69) is 4.90 Å². The van der Waals surface area contributed by atoms with Crippen molar-refractivity contribution in [2.75, 3.05) is 24.8 Å². The first-order valence-corrected chi connectivity index (χ1v) is 12.2. The van der Waals surface area contributed by atoms with Gasteiger partial charge in [0.05, 0.1) is 23.7 Å². The quantitative estimate of drug-likeness (QED) is 0.298. The molecule has 0 fully saturated rings. The SMILES string of the molecule is CCc1ccc(N(CCCOc2ccc3c(c2)OCO3)c2c(C)cc(Cl)cc2Cl)c(CC(=O)O)c1. The Labute approximate surface area is 214 Å². The Hall–Kier alpha value is -3.09. The van der Waals surface area contributed by atoms with Crippen molar-refractivity contribution in [3.05, 3.63) is 75.3 Å². The number of carboxylic acid groups (broad SMARTS) is 1. The number of fused-ring (bicyclic) bond motifs is 1. The first-order chi connectivity index (χ1) is 16.9. The zero-order valence-corrected chi connectivity index (χ0v) is 21.2. The molecule has 0 radical (unpaired) electrons. The van der Waals surface area contributed by atoms with Gasteiger partial charge in [-0.1, -0.05) is 42.3 Å². The van der Waals surface area contributed by atoms with Crippen LogP contribution in [0.1, 0.15) is 30.0 Å². The standard InChI is InChI=1S/C27H27Cl2NO5/c1-3-18-5-7-23(19(12-18)13-26(31)32)30(27-17(2)11-20(28)14-22(27)29)9-4-10-33-21-6-8-24-25(15-21)35-16-34-24/h5-8,11-12,14-15H,3-4,9-10,13,16H2,1-2H3,(H,31,32). The summed E-state index contributed by atoms with van der Waals surface area (Å²) >= 11 is 12.9. The molecule has 0 aliphatic carbocycles. The lowest BCUT2D eigenvalue weighted by atomic mass is 10.0. The number of ether oxygens (including phenoxy) is 3. The number of carbonyl (C=O) groups is 1. The van der Waals surface area contributed by atoms with E-state index >= 15 is 0 Å². The summed E-state index contributed by atoms with van der Waals surface area (Å²) in [5.41, 5.74) is 4.32. The molecule has 0 aromatic heterocycles. The van der Waals surface area contributed by atoms with Crippen molar-refractivity contribution in [3.63, 3.8) is 0 Å². The topological polar surface area (TPSA) is 68.2 Å². The minimum Gasteiger partial charge on any atom is -0.493 e. The van der Waals surface area contributed by atoms with Crippen LogP contribution in [0.5, 0.6) is 17.2 Å². The van der Waals surface area contributed by atoms with Gasteiger partial charge in [-0.05, 0) is 66.8 Å². The third-order valence-corrected chi connectivity index (χ3v) is 6.32. The number of hydrogen-bond acceptors (Lipinski definition) is 5. The fourth-order valence-electron chi connectivity index (χ4n) is 4.20. The molecule has 4 rings (SSSR count). The summed E-state index contributed by atoms with van der Waals surface area (Å²) in [7, 11) is 0. The molecular formula is C27H27Cl2NO5. The lowest BCUT2D eigenvalue weighted by Gasteiger charge is -2.30. The number of aryl methyl sites for hydroxylation is 2. The zero-order valence-electron chi connectivity index (χ0n) is 19.6. The summed E-state index contributed by atoms with van der Waals surface area (Å²) in [6, 6.07) is 15.0.